The van der Waals surface area contributed by atoms with Crippen molar-refractivity contribution in [3.63, 3.8) is 0 Å². The van der Waals surface area contributed by atoms with E-state index in [4.69, 9.17) is 0 Å². The lowest BCUT2D eigenvalue weighted by Crippen LogP contribution is -2.34. The summed E-state index contributed by atoms with van der Waals surface area (Å²) in [6.45, 7) is 3.09. The Morgan fingerprint density at radius 1 is 1.00 bits per heavy atom. The molecule has 0 aromatic rings. The molecule has 0 aliphatic heterocycles. The Morgan fingerprint density at radius 3 is 2.00 bits per heavy atom. The summed E-state index contributed by atoms with van der Waals surface area (Å²) in [6, 6.07) is 0. The van der Waals surface area contributed by atoms with E-state index in [9.17, 15) is 19.2 Å². The minimum absolute atomic E-state index is 0.00164. The maximum atomic E-state index is 11.6. The third kappa shape index (κ3) is 4.94. The van der Waals surface area contributed by atoms with E-state index >= 15 is 0 Å². The highest BCUT2D eigenvalue weighted by Crippen LogP contribution is 2.10. The van der Waals surface area contributed by atoms with Crippen molar-refractivity contribution in [2.24, 2.45) is 5.92 Å². The topological polar surface area (TPSA) is 96.0 Å². The molecule has 0 N–H and O–H groups in total. The molecule has 0 spiro atoms. The summed E-state index contributed by atoms with van der Waals surface area (Å²) in [5.74, 6) is -5.52. The summed E-state index contributed by atoms with van der Waals surface area (Å²) in [5, 5.41) is 0. The lowest BCUT2D eigenvalue weighted by atomic mass is 10.0. The molecule has 0 aromatic heterocycles. The Balaban J connectivity index is 4.84. The van der Waals surface area contributed by atoms with Gasteiger partial charge in [0.1, 0.15) is 5.92 Å². The number of Topliss-reactive ketones (excluding diaryl/α,β-unsaturated/α-hetero) is 1. The molecule has 0 aliphatic carbocycles. The zero-order valence-electron chi connectivity index (χ0n) is 10.6. The smallest absolute Gasteiger partial charge is 0.375 e. The summed E-state index contributed by atoms with van der Waals surface area (Å²) >= 11 is 0. The van der Waals surface area contributed by atoms with Crippen LogP contribution in [-0.2, 0) is 33.4 Å². The van der Waals surface area contributed by atoms with Crippen LogP contribution in [0.5, 0.6) is 0 Å². The minimum atomic E-state index is -1.52. The molecule has 0 rings (SSSR count). The van der Waals surface area contributed by atoms with Crippen LogP contribution in [0.3, 0.4) is 0 Å². The number of ketones is 1. The maximum Gasteiger partial charge on any atom is 0.375 e. The van der Waals surface area contributed by atoms with Gasteiger partial charge in [-0.05, 0) is 13.8 Å². The molecule has 7 nitrogen and oxygen atoms in total. The van der Waals surface area contributed by atoms with Crippen molar-refractivity contribution in [1.29, 1.82) is 0 Å². The number of rotatable bonds is 7. The number of esters is 3. The van der Waals surface area contributed by atoms with Crippen LogP contribution in [0.15, 0.2) is 0 Å². The van der Waals surface area contributed by atoms with Crippen LogP contribution in [-0.4, -0.2) is 44.0 Å². The van der Waals surface area contributed by atoms with Crippen molar-refractivity contribution in [2.45, 2.75) is 20.3 Å². The third-order valence-electron chi connectivity index (χ3n) is 1.96. The molecule has 18 heavy (non-hydrogen) atoms. The summed E-state index contributed by atoms with van der Waals surface area (Å²) in [4.78, 5) is 45.4. The van der Waals surface area contributed by atoms with Crippen molar-refractivity contribution in [1.82, 2.24) is 0 Å². The Kier molecular flexibility index (Phi) is 7.34. The highest BCUT2D eigenvalue weighted by atomic mass is 16.5. The Morgan fingerprint density at radius 2 is 1.56 bits per heavy atom. The quantitative estimate of drug-likeness (QED) is 0.272. The zero-order chi connectivity index (χ0) is 14.1. The average Bonchev–Trinajstić information content (AvgIpc) is 2.35. The molecular weight excluding hydrogens is 244 g/mol. The predicted molar refractivity (Wildman–Crippen MR) is 58.4 cm³/mol. The van der Waals surface area contributed by atoms with Gasteiger partial charge in [-0.15, -0.1) is 0 Å². The molecule has 102 valence electrons. The second kappa shape index (κ2) is 8.21. The summed E-state index contributed by atoms with van der Waals surface area (Å²) < 4.78 is 13.5. The van der Waals surface area contributed by atoms with E-state index in [1.807, 2.05) is 0 Å². The monoisotopic (exact) mass is 260 g/mol. The lowest BCUT2D eigenvalue weighted by Gasteiger charge is -2.12. The van der Waals surface area contributed by atoms with E-state index in [0.29, 0.717) is 0 Å². The molecule has 0 aromatic carbocycles. The van der Waals surface area contributed by atoms with Crippen molar-refractivity contribution in [3.8, 4) is 0 Å². The van der Waals surface area contributed by atoms with Crippen LogP contribution in [0.2, 0.25) is 0 Å². The molecule has 0 saturated carbocycles. The van der Waals surface area contributed by atoms with Gasteiger partial charge >= 0.3 is 17.9 Å². The van der Waals surface area contributed by atoms with E-state index in [1.54, 1.807) is 6.92 Å². The van der Waals surface area contributed by atoms with Crippen LogP contribution in [0.4, 0.5) is 0 Å². The molecule has 7 heteroatoms. The Hall–Kier alpha value is -1.92. The number of carbonyl (C=O) groups is 4. The van der Waals surface area contributed by atoms with Gasteiger partial charge in [-0.1, -0.05) is 0 Å². The third-order valence-corrected chi connectivity index (χ3v) is 1.96. The van der Waals surface area contributed by atoms with E-state index in [-0.39, 0.29) is 13.2 Å². The summed E-state index contributed by atoms with van der Waals surface area (Å²) in [5.41, 5.74) is 0. The molecule has 0 fully saturated rings. The van der Waals surface area contributed by atoms with Crippen LogP contribution in [0, 0.1) is 5.92 Å². The fourth-order valence-corrected chi connectivity index (χ4v) is 1.12. The fourth-order valence-electron chi connectivity index (χ4n) is 1.12. The van der Waals surface area contributed by atoms with Gasteiger partial charge in [0.05, 0.1) is 26.7 Å². The van der Waals surface area contributed by atoms with E-state index in [2.05, 4.69) is 14.2 Å². The Bertz CT molecular complexity index is 334. The van der Waals surface area contributed by atoms with Crippen molar-refractivity contribution in [2.75, 3.05) is 20.3 Å². The van der Waals surface area contributed by atoms with E-state index in [0.717, 1.165) is 7.11 Å². The van der Waals surface area contributed by atoms with Crippen LogP contribution in [0.1, 0.15) is 20.3 Å². The molecule has 1 atom stereocenters. The largest absolute Gasteiger partial charge is 0.469 e. The van der Waals surface area contributed by atoms with Crippen LogP contribution < -0.4 is 0 Å². The fraction of sp³-hybridized carbons (Fsp3) is 0.636. The second-order valence-corrected chi connectivity index (χ2v) is 3.17. The average molecular weight is 260 g/mol. The summed E-state index contributed by atoms with van der Waals surface area (Å²) in [7, 11) is 1.11. The van der Waals surface area contributed by atoms with Crippen molar-refractivity contribution in [3.05, 3.63) is 0 Å². The first-order chi connectivity index (χ1) is 8.47. The molecule has 0 radical (unpaired) electrons. The molecule has 1 unspecified atom stereocenters. The number of carbonyl (C=O) groups excluding carboxylic acids is 4. The van der Waals surface area contributed by atoms with Crippen molar-refractivity contribution < 1.29 is 33.4 Å². The molecular formula is C11H16O7. The first-order valence-electron chi connectivity index (χ1n) is 5.42. The standard InChI is InChI=1S/C11H16O7/c1-4-17-10(14)7(6-8(12)16-3)9(13)11(15)18-5-2/h7H,4-6H2,1-3H3. The van der Waals surface area contributed by atoms with Gasteiger partial charge in [-0.25, -0.2) is 4.79 Å². The normalized spacial score (nSPS) is 11.3. The maximum absolute atomic E-state index is 11.6. The zero-order valence-corrected chi connectivity index (χ0v) is 10.6. The minimum Gasteiger partial charge on any atom is -0.469 e. The first-order valence-corrected chi connectivity index (χ1v) is 5.42. The molecule has 0 heterocycles. The molecule has 0 aliphatic rings. The van der Waals surface area contributed by atoms with Gasteiger partial charge in [0, 0.05) is 0 Å². The van der Waals surface area contributed by atoms with Gasteiger partial charge in [0.25, 0.3) is 5.78 Å². The molecule has 0 saturated heterocycles. The number of methoxy groups -OCH3 is 1. The second-order valence-electron chi connectivity index (χ2n) is 3.17. The number of hydrogen-bond donors (Lipinski definition) is 0. The van der Waals surface area contributed by atoms with Gasteiger partial charge < -0.3 is 14.2 Å². The molecule has 0 bridgehead atoms. The highest BCUT2D eigenvalue weighted by molar-refractivity contribution is 6.38. The van der Waals surface area contributed by atoms with E-state index in [1.165, 1.54) is 6.92 Å². The van der Waals surface area contributed by atoms with Gasteiger partial charge in [0.2, 0.25) is 0 Å². The Labute approximate surface area is 104 Å². The van der Waals surface area contributed by atoms with Crippen LogP contribution in [0.25, 0.3) is 0 Å². The lowest BCUT2D eigenvalue weighted by molar-refractivity contribution is -0.164. The van der Waals surface area contributed by atoms with Crippen LogP contribution >= 0.6 is 0 Å². The first kappa shape index (κ1) is 16.1. The van der Waals surface area contributed by atoms with E-state index < -0.39 is 36.0 Å². The van der Waals surface area contributed by atoms with Gasteiger partial charge in [-0.2, -0.15) is 0 Å². The highest BCUT2D eigenvalue weighted by Gasteiger charge is 2.36. The predicted octanol–water partition coefficient (Wildman–Crippen LogP) is -0.139. The number of hydrogen-bond acceptors (Lipinski definition) is 7. The van der Waals surface area contributed by atoms with Crippen molar-refractivity contribution >= 4 is 23.7 Å². The SMILES string of the molecule is CCOC(=O)C(=O)C(CC(=O)OC)C(=O)OCC. The van der Waals surface area contributed by atoms with Gasteiger partial charge in [0.15, 0.2) is 0 Å². The van der Waals surface area contributed by atoms with Gasteiger partial charge in [-0.3, -0.25) is 14.4 Å². The summed E-state index contributed by atoms with van der Waals surface area (Å²) in [6.07, 6.45) is -0.549. The number of ether oxygens (including phenoxy) is 3. The molecule has 0 amide bonds.